The average Bonchev–Trinajstić information content (AvgIpc) is 2.71. The number of benzene rings is 1. The van der Waals surface area contributed by atoms with Crippen LogP contribution in [0.5, 0.6) is 0 Å². The molecule has 0 fully saturated rings. The lowest BCUT2D eigenvalue weighted by atomic mass is 10.2. The lowest BCUT2D eigenvalue weighted by Crippen LogP contribution is -2.13. The van der Waals surface area contributed by atoms with Gasteiger partial charge in [0.25, 0.3) is 5.91 Å². The molecule has 0 aliphatic rings. The highest BCUT2D eigenvalue weighted by molar-refractivity contribution is 7.09. The molecule has 3 N–H and O–H groups in total. The van der Waals surface area contributed by atoms with Crippen LogP contribution in [-0.2, 0) is 0 Å². The second kappa shape index (κ2) is 4.65. The number of nitrogens with two attached hydrogens (primary N) is 1. The van der Waals surface area contributed by atoms with E-state index in [0.717, 1.165) is 23.7 Å². The molecule has 1 amide bonds. The molecule has 5 nitrogen and oxygen atoms in total. The molecule has 94 valence electrons. The summed E-state index contributed by atoms with van der Waals surface area (Å²) in [5.74, 6) is -2.13. The van der Waals surface area contributed by atoms with Crippen LogP contribution in [0.2, 0.25) is 0 Å². The summed E-state index contributed by atoms with van der Waals surface area (Å²) in [6.45, 7) is 1.66. The van der Waals surface area contributed by atoms with E-state index in [1.54, 1.807) is 6.92 Å². The van der Waals surface area contributed by atoms with Crippen LogP contribution in [0.25, 0.3) is 0 Å². The van der Waals surface area contributed by atoms with Gasteiger partial charge >= 0.3 is 0 Å². The number of anilines is 2. The Hall–Kier alpha value is -2.09. The van der Waals surface area contributed by atoms with Gasteiger partial charge in [-0.15, -0.1) is 0 Å². The van der Waals surface area contributed by atoms with Gasteiger partial charge in [0.2, 0.25) is 5.13 Å². The van der Waals surface area contributed by atoms with Gasteiger partial charge in [-0.25, -0.2) is 13.8 Å². The number of hydrogen-bond acceptors (Lipinski definition) is 5. The number of nitrogens with zero attached hydrogens (tertiary/aromatic N) is 2. The van der Waals surface area contributed by atoms with Crippen LogP contribution in [-0.4, -0.2) is 15.3 Å². The maximum atomic E-state index is 13.2. The molecule has 0 saturated carbocycles. The zero-order valence-electron chi connectivity index (χ0n) is 9.20. The van der Waals surface area contributed by atoms with Crippen LogP contribution in [0.15, 0.2) is 12.1 Å². The fourth-order valence-electron chi connectivity index (χ4n) is 1.23. The molecule has 1 aromatic carbocycles. The van der Waals surface area contributed by atoms with Crippen LogP contribution in [0, 0.1) is 18.6 Å². The fraction of sp³-hybridized carbons (Fsp3) is 0.100. The summed E-state index contributed by atoms with van der Waals surface area (Å²) in [7, 11) is 0. The highest BCUT2D eigenvalue weighted by atomic mass is 32.1. The second-order valence-corrected chi connectivity index (χ2v) is 4.21. The molecule has 0 bridgehead atoms. The summed E-state index contributed by atoms with van der Waals surface area (Å²) in [5, 5.41) is 2.64. The molecule has 2 rings (SSSR count). The number of halogens is 2. The van der Waals surface area contributed by atoms with Crippen molar-refractivity contribution in [2.45, 2.75) is 6.92 Å². The van der Waals surface area contributed by atoms with Crippen LogP contribution < -0.4 is 11.1 Å². The maximum absolute atomic E-state index is 13.2. The van der Waals surface area contributed by atoms with E-state index in [4.69, 9.17) is 5.73 Å². The van der Waals surface area contributed by atoms with Crippen LogP contribution in [0.3, 0.4) is 0 Å². The van der Waals surface area contributed by atoms with E-state index in [-0.39, 0.29) is 10.7 Å². The van der Waals surface area contributed by atoms with Crippen LogP contribution in [0.4, 0.5) is 19.6 Å². The first-order valence-corrected chi connectivity index (χ1v) is 5.61. The number of carbonyl (C=O) groups excluding carboxylic acids is 1. The molecule has 0 aliphatic heterocycles. The minimum atomic E-state index is -0.978. The molecule has 0 atom stereocenters. The maximum Gasteiger partial charge on any atom is 0.257 e. The zero-order chi connectivity index (χ0) is 13.3. The number of amides is 1. The smallest absolute Gasteiger partial charge is 0.257 e. The summed E-state index contributed by atoms with van der Waals surface area (Å²) in [6.07, 6.45) is 0. The number of aromatic nitrogens is 2. The minimum Gasteiger partial charge on any atom is -0.394 e. The van der Waals surface area contributed by atoms with Crippen molar-refractivity contribution in [3.8, 4) is 0 Å². The quantitative estimate of drug-likeness (QED) is 0.817. The Labute approximate surface area is 105 Å². The van der Waals surface area contributed by atoms with Gasteiger partial charge in [0.05, 0.1) is 0 Å². The molecule has 0 spiro atoms. The summed E-state index contributed by atoms with van der Waals surface area (Å²) in [5.41, 5.74) is 4.32. The largest absolute Gasteiger partial charge is 0.394 e. The normalized spacial score (nSPS) is 10.4. The van der Waals surface area contributed by atoms with Crippen molar-refractivity contribution in [2.75, 3.05) is 11.1 Å². The van der Waals surface area contributed by atoms with Gasteiger partial charge in [0.15, 0.2) is 0 Å². The molecule has 2 aromatic rings. The van der Waals surface area contributed by atoms with Gasteiger partial charge in [-0.1, -0.05) is 0 Å². The molecule has 1 aromatic heterocycles. The number of hydrogen-bond donors (Lipinski definition) is 2. The third-order valence-electron chi connectivity index (χ3n) is 2.09. The summed E-state index contributed by atoms with van der Waals surface area (Å²) >= 11 is 0.979. The standard InChI is InChI=1S/C10H8F2N4OS/c1-4-14-10(18-16-4)15-9(17)5-2-6(11)8(13)7(12)3-5/h2-3H,13H2,1H3,(H,14,15,16,17). The van der Waals surface area contributed by atoms with Crippen molar-refractivity contribution in [1.29, 1.82) is 0 Å². The monoisotopic (exact) mass is 270 g/mol. The highest BCUT2D eigenvalue weighted by Gasteiger charge is 2.14. The van der Waals surface area contributed by atoms with E-state index < -0.39 is 23.2 Å². The van der Waals surface area contributed by atoms with Crippen molar-refractivity contribution in [1.82, 2.24) is 9.36 Å². The molecular weight excluding hydrogens is 262 g/mol. The van der Waals surface area contributed by atoms with E-state index in [1.807, 2.05) is 0 Å². The fourth-order valence-corrected chi connectivity index (χ4v) is 1.80. The summed E-state index contributed by atoms with van der Waals surface area (Å²) in [6, 6.07) is 1.73. The molecule has 0 unspecified atom stereocenters. The van der Waals surface area contributed by atoms with E-state index in [1.165, 1.54) is 0 Å². The van der Waals surface area contributed by atoms with Crippen LogP contribution >= 0.6 is 11.5 Å². The van der Waals surface area contributed by atoms with Crippen LogP contribution in [0.1, 0.15) is 16.2 Å². The Morgan fingerprint density at radius 1 is 1.39 bits per heavy atom. The Morgan fingerprint density at radius 2 is 2.00 bits per heavy atom. The van der Waals surface area contributed by atoms with E-state index in [0.29, 0.717) is 5.82 Å². The Morgan fingerprint density at radius 3 is 2.50 bits per heavy atom. The first-order valence-electron chi connectivity index (χ1n) is 4.83. The molecule has 0 saturated heterocycles. The van der Waals surface area contributed by atoms with Gasteiger partial charge in [-0.3, -0.25) is 10.1 Å². The Kier molecular flexibility index (Phi) is 3.19. The molecule has 1 heterocycles. The van der Waals surface area contributed by atoms with E-state index in [2.05, 4.69) is 14.7 Å². The Bertz CT molecular complexity index is 591. The second-order valence-electron chi connectivity index (χ2n) is 3.45. The Balaban J connectivity index is 2.24. The molecule has 0 radical (unpaired) electrons. The summed E-state index contributed by atoms with van der Waals surface area (Å²) < 4.78 is 30.2. The predicted molar refractivity (Wildman–Crippen MR) is 63.4 cm³/mol. The molecular formula is C10H8F2N4OS. The van der Waals surface area contributed by atoms with E-state index >= 15 is 0 Å². The van der Waals surface area contributed by atoms with Crippen molar-refractivity contribution in [3.05, 3.63) is 35.2 Å². The van der Waals surface area contributed by atoms with Crippen molar-refractivity contribution in [2.24, 2.45) is 0 Å². The van der Waals surface area contributed by atoms with E-state index in [9.17, 15) is 13.6 Å². The highest BCUT2D eigenvalue weighted by Crippen LogP contribution is 2.18. The molecule has 8 heteroatoms. The van der Waals surface area contributed by atoms with Gasteiger partial charge in [-0.2, -0.15) is 4.37 Å². The number of nitrogens with one attached hydrogen (secondary N) is 1. The number of nitrogen functional groups attached to an aromatic ring is 1. The lowest BCUT2D eigenvalue weighted by molar-refractivity contribution is 0.102. The zero-order valence-corrected chi connectivity index (χ0v) is 10.0. The molecule has 18 heavy (non-hydrogen) atoms. The topological polar surface area (TPSA) is 80.9 Å². The van der Waals surface area contributed by atoms with Crippen molar-refractivity contribution in [3.63, 3.8) is 0 Å². The average molecular weight is 270 g/mol. The number of rotatable bonds is 2. The van der Waals surface area contributed by atoms with Gasteiger partial charge < -0.3 is 5.73 Å². The third-order valence-corrected chi connectivity index (χ3v) is 2.81. The first-order chi connectivity index (χ1) is 8.47. The SMILES string of the molecule is Cc1nsc(NC(=O)c2cc(F)c(N)c(F)c2)n1. The third kappa shape index (κ3) is 2.43. The first kappa shape index (κ1) is 12.4. The van der Waals surface area contributed by atoms with Gasteiger partial charge in [0, 0.05) is 17.1 Å². The minimum absolute atomic E-state index is 0.174. The number of carbonyl (C=O) groups is 1. The lowest BCUT2D eigenvalue weighted by Gasteiger charge is -2.04. The molecule has 0 aliphatic carbocycles. The van der Waals surface area contributed by atoms with Crippen molar-refractivity contribution < 1.29 is 13.6 Å². The summed E-state index contributed by atoms with van der Waals surface area (Å²) in [4.78, 5) is 15.6. The van der Waals surface area contributed by atoms with Gasteiger partial charge in [-0.05, 0) is 19.1 Å². The van der Waals surface area contributed by atoms with Gasteiger partial charge in [0.1, 0.15) is 23.1 Å². The van der Waals surface area contributed by atoms with Crippen molar-refractivity contribution >= 4 is 28.3 Å². The number of aryl methyl sites for hydroxylation is 1. The predicted octanol–water partition coefficient (Wildman–Crippen LogP) is 1.96.